The van der Waals surface area contributed by atoms with E-state index < -0.39 is 12.9 Å². The molecule has 0 aliphatic heterocycles. The lowest BCUT2D eigenvalue weighted by molar-refractivity contribution is -0.132. The molecule has 0 aliphatic rings. The highest BCUT2D eigenvalue weighted by Crippen LogP contribution is 2.13. The average Bonchev–Trinajstić information content (AvgIpc) is 2.56. The van der Waals surface area contributed by atoms with Crippen LogP contribution in [0.2, 0.25) is 6.82 Å². The van der Waals surface area contributed by atoms with Crippen LogP contribution < -0.4 is 5.32 Å². The van der Waals surface area contributed by atoms with Gasteiger partial charge in [0.2, 0.25) is 5.91 Å². The zero-order valence-corrected chi connectivity index (χ0v) is 16.4. The molecule has 1 rings (SSSR count). The fraction of sp³-hybridized carbons (Fsp3) is 0.500. The molecule has 2 amide bonds. The van der Waals surface area contributed by atoms with E-state index in [-0.39, 0.29) is 18.4 Å². The van der Waals surface area contributed by atoms with Gasteiger partial charge < -0.3 is 15.2 Å². The highest BCUT2D eigenvalue weighted by Gasteiger charge is 2.24. The fourth-order valence-electron chi connectivity index (χ4n) is 2.79. The van der Waals surface area contributed by atoms with Crippen LogP contribution in [0.15, 0.2) is 18.2 Å². The van der Waals surface area contributed by atoms with Gasteiger partial charge in [-0.3, -0.25) is 9.59 Å². The summed E-state index contributed by atoms with van der Waals surface area (Å²) in [6.45, 7) is 8.95. The summed E-state index contributed by atoms with van der Waals surface area (Å²) in [5, 5.41) is 12.9. The lowest BCUT2D eigenvalue weighted by Gasteiger charge is -2.24. The lowest BCUT2D eigenvalue weighted by atomic mass is 9.61. The van der Waals surface area contributed by atoms with Crippen molar-refractivity contribution in [3.8, 4) is 11.8 Å². The fourth-order valence-corrected chi connectivity index (χ4v) is 2.79. The predicted octanol–water partition coefficient (Wildman–Crippen LogP) is 1.75. The highest BCUT2D eigenvalue weighted by molar-refractivity contribution is 6.51. The van der Waals surface area contributed by atoms with Crippen LogP contribution in [0.5, 0.6) is 0 Å². The molecule has 26 heavy (non-hydrogen) atoms. The summed E-state index contributed by atoms with van der Waals surface area (Å²) in [7, 11) is 0. The third-order valence-electron chi connectivity index (χ3n) is 4.21. The number of benzene rings is 1. The van der Waals surface area contributed by atoms with Crippen LogP contribution >= 0.6 is 0 Å². The van der Waals surface area contributed by atoms with E-state index in [2.05, 4.69) is 23.2 Å². The molecular weight excluding hydrogens is 327 g/mol. The Bertz CT molecular complexity index is 692. The van der Waals surface area contributed by atoms with Gasteiger partial charge in [0.25, 0.3) is 5.91 Å². The first-order valence-electron chi connectivity index (χ1n) is 9.03. The standard InChI is InChI=1S/C20H29BN2O3/c1-6-8-20(25)23(11-7-2)14-19(24)22-18(21(5)26)13-17-10-9-15(3)12-16(17)4/h9-10,12,18,26H,7,11,13-14H2,1-5H3,(H,22,24)/t18-/m0/s1. The van der Waals surface area contributed by atoms with Crippen molar-refractivity contribution in [1.82, 2.24) is 10.2 Å². The molecule has 0 radical (unpaired) electrons. The van der Waals surface area contributed by atoms with Gasteiger partial charge in [0.1, 0.15) is 6.54 Å². The molecular formula is C20H29BN2O3. The molecule has 0 bridgehead atoms. The summed E-state index contributed by atoms with van der Waals surface area (Å²) in [5.41, 5.74) is 3.39. The summed E-state index contributed by atoms with van der Waals surface area (Å²) in [4.78, 5) is 25.8. The first-order valence-corrected chi connectivity index (χ1v) is 9.03. The van der Waals surface area contributed by atoms with Crippen molar-refractivity contribution in [3.05, 3.63) is 34.9 Å². The van der Waals surface area contributed by atoms with Crippen LogP contribution in [-0.4, -0.2) is 47.7 Å². The number of carbonyl (C=O) groups is 2. The number of nitrogens with one attached hydrogen (secondary N) is 1. The van der Waals surface area contributed by atoms with E-state index in [1.54, 1.807) is 13.7 Å². The van der Waals surface area contributed by atoms with Crippen molar-refractivity contribution in [2.24, 2.45) is 0 Å². The molecule has 0 unspecified atom stereocenters. The van der Waals surface area contributed by atoms with Crippen molar-refractivity contribution in [1.29, 1.82) is 0 Å². The number of hydrogen-bond acceptors (Lipinski definition) is 3. The molecule has 0 spiro atoms. The van der Waals surface area contributed by atoms with Crippen molar-refractivity contribution < 1.29 is 14.6 Å². The Morgan fingerprint density at radius 2 is 2.04 bits per heavy atom. The van der Waals surface area contributed by atoms with Crippen molar-refractivity contribution in [2.45, 2.75) is 53.3 Å². The van der Waals surface area contributed by atoms with Crippen LogP contribution in [0, 0.1) is 25.7 Å². The third kappa shape index (κ3) is 6.93. The summed E-state index contributed by atoms with van der Waals surface area (Å²) in [5.74, 6) is 3.98. The molecule has 1 atom stereocenters. The number of nitrogens with zero attached hydrogens (tertiary/aromatic N) is 1. The summed E-state index contributed by atoms with van der Waals surface area (Å²) in [6, 6.07) is 6.13. The third-order valence-corrected chi connectivity index (χ3v) is 4.21. The van der Waals surface area contributed by atoms with E-state index in [0.717, 1.165) is 17.5 Å². The maximum absolute atomic E-state index is 12.4. The van der Waals surface area contributed by atoms with E-state index >= 15 is 0 Å². The van der Waals surface area contributed by atoms with E-state index in [9.17, 15) is 14.6 Å². The molecule has 0 heterocycles. The maximum atomic E-state index is 12.4. The van der Waals surface area contributed by atoms with Gasteiger partial charge in [-0.05, 0) is 50.7 Å². The minimum Gasteiger partial charge on any atom is -0.449 e. The quantitative estimate of drug-likeness (QED) is 0.551. The van der Waals surface area contributed by atoms with Gasteiger partial charge in [-0.1, -0.05) is 43.4 Å². The molecule has 6 heteroatoms. The Morgan fingerprint density at radius 3 is 2.58 bits per heavy atom. The van der Waals surface area contributed by atoms with Gasteiger partial charge in [-0.15, -0.1) is 0 Å². The second-order valence-corrected chi connectivity index (χ2v) is 6.65. The first-order chi connectivity index (χ1) is 12.3. The van der Waals surface area contributed by atoms with Gasteiger partial charge in [0, 0.05) is 12.5 Å². The largest absolute Gasteiger partial charge is 0.449 e. The van der Waals surface area contributed by atoms with E-state index in [4.69, 9.17) is 0 Å². The van der Waals surface area contributed by atoms with Crippen LogP contribution in [0.4, 0.5) is 0 Å². The predicted molar refractivity (Wildman–Crippen MR) is 106 cm³/mol. The van der Waals surface area contributed by atoms with Crippen LogP contribution in [0.3, 0.4) is 0 Å². The number of carbonyl (C=O) groups excluding carboxylic acids is 2. The highest BCUT2D eigenvalue weighted by atomic mass is 16.2. The number of rotatable bonds is 8. The smallest absolute Gasteiger partial charge is 0.309 e. The van der Waals surface area contributed by atoms with Gasteiger partial charge in [0.05, 0.1) is 0 Å². The van der Waals surface area contributed by atoms with E-state index in [0.29, 0.717) is 13.0 Å². The molecule has 0 aliphatic carbocycles. The molecule has 0 fully saturated rings. The molecule has 0 saturated carbocycles. The second kappa shape index (κ2) is 10.7. The SMILES string of the molecule is CC#CC(=O)N(CCC)CC(=O)N[C@@H](Cc1ccc(C)cc1C)B(C)O. The lowest BCUT2D eigenvalue weighted by Crippen LogP contribution is -2.50. The van der Waals surface area contributed by atoms with E-state index in [1.165, 1.54) is 10.5 Å². The Hall–Kier alpha value is -2.26. The maximum Gasteiger partial charge on any atom is 0.309 e. The summed E-state index contributed by atoms with van der Waals surface area (Å²) in [6.07, 6.45) is 1.28. The average molecular weight is 356 g/mol. The van der Waals surface area contributed by atoms with Crippen LogP contribution in [-0.2, 0) is 16.0 Å². The molecule has 5 nitrogen and oxygen atoms in total. The summed E-state index contributed by atoms with van der Waals surface area (Å²) < 4.78 is 0. The second-order valence-electron chi connectivity index (χ2n) is 6.65. The molecule has 0 saturated heterocycles. The van der Waals surface area contributed by atoms with Crippen molar-refractivity contribution >= 4 is 18.7 Å². The minimum absolute atomic E-state index is 0.0581. The number of hydrogen-bond donors (Lipinski definition) is 2. The zero-order valence-electron chi connectivity index (χ0n) is 16.4. The Morgan fingerprint density at radius 1 is 1.35 bits per heavy atom. The van der Waals surface area contributed by atoms with Gasteiger partial charge in [-0.25, -0.2) is 0 Å². The van der Waals surface area contributed by atoms with E-state index in [1.807, 2.05) is 32.9 Å². The summed E-state index contributed by atoms with van der Waals surface area (Å²) >= 11 is 0. The molecule has 2 N–H and O–H groups in total. The van der Waals surface area contributed by atoms with Crippen molar-refractivity contribution in [3.63, 3.8) is 0 Å². The number of amides is 2. The van der Waals surface area contributed by atoms with Crippen LogP contribution in [0.1, 0.15) is 37.0 Å². The Balaban J connectivity index is 2.80. The van der Waals surface area contributed by atoms with Gasteiger partial charge >= 0.3 is 6.92 Å². The Kier molecular flexibility index (Phi) is 8.94. The first kappa shape index (κ1) is 21.8. The monoisotopic (exact) mass is 356 g/mol. The molecule has 1 aromatic carbocycles. The molecule has 140 valence electrons. The normalized spacial score (nSPS) is 11.2. The van der Waals surface area contributed by atoms with Gasteiger partial charge in [-0.2, -0.15) is 0 Å². The topological polar surface area (TPSA) is 69.6 Å². The molecule has 1 aromatic rings. The Labute approximate surface area is 157 Å². The molecule has 0 aromatic heterocycles. The minimum atomic E-state index is -0.703. The van der Waals surface area contributed by atoms with Crippen molar-refractivity contribution in [2.75, 3.05) is 13.1 Å². The zero-order chi connectivity index (χ0) is 19.7. The number of aryl methyl sites for hydroxylation is 2. The van der Waals surface area contributed by atoms with Crippen LogP contribution in [0.25, 0.3) is 0 Å². The van der Waals surface area contributed by atoms with Gasteiger partial charge in [0.15, 0.2) is 0 Å².